The summed E-state index contributed by atoms with van der Waals surface area (Å²) >= 11 is 0. The van der Waals surface area contributed by atoms with E-state index in [9.17, 15) is 9.59 Å². The molecule has 2 aliphatic heterocycles. The molecule has 0 aromatic carbocycles. The third-order valence-electron chi connectivity index (χ3n) is 4.37. The van der Waals surface area contributed by atoms with Crippen molar-refractivity contribution in [2.45, 2.75) is 51.1 Å². The van der Waals surface area contributed by atoms with Gasteiger partial charge in [-0.25, -0.2) is 0 Å². The molecule has 0 aromatic rings. The van der Waals surface area contributed by atoms with E-state index in [-0.39, 0.29) is 23.9 Å². The van der Waals surface area contributed by atoms with Crippen molar-refractivity contribution in [3.63, 3.8) is 0 Å². The second-order valence-corrected chi connectivity index (χ2v) is 5.71. The number of carbonyl (C=O) groups is 2. The van der Waals surface area contributed by atoms with Gasteiger partial charge in [0.05, 0.1) is 6.04 Å². The Morgan fingerprint density at radius 3 is 2.68 bits per heavy atom. The molecule has 2 saturated heterocycles. The van der Waals surface area contributed by atoms with Crippen molar-refractivity contribution >= 4 is 11.8 Å². The van der Waals surface area contributed by atoms with Crippen molar-refractivity contribution in [1.29, 1.82) is 0 Å². The summed E-state index contributed by atoms with van der Waals surface area (Å²) in [6.07, 6.45) is 5.02. The van der Waals surface area contributed by atoms with Crippen LogP contribution in [-0.4, -0.2) is 48.9 Å². The second kappa shape index (κ2) is 6.37. The van der Waals surface area contributed by atoms with Gasteiger partial charge in [0.2, 0.25) is 11.8 Å². The molecular formula is C14H25N3O2. The maximum absolute atomic E-state index is 12.7. The molecule has 3 atom stereocenters. The lowest BCUT2D eigenvalue weighted by molar-refractivity contribution is -0.145. The van der Waals surface area contributed by atoms with Gasteiger partial charge in [0.15, 0.2) is 0 Å². The summed E-state index contributed by atoms with van der Waals surface area (Å²) in [5.41, 5.74) is 0. The van der Waals surface area contributed by atoms with E-state index in [1.165, 1.54) is 0 Å². The van der Waals surface area contributed by atoms with Crippen molar-refractivity contribution in [3.05, 3.63) is 0 Å². The highest BCUT2D eigenvalue weighted by Gasteiger charge is 2.37. The number of likely N-dealkylation sites (tertiary alicyclic amines) is 1. The van der Waals surface area contributed by atoms with Crippen LogP contribution in [0, 0.1) is 5.92 Å². The molecule has 0 aromatic heterocycles. The van der Waals surface area contributed by atoms with Crippen LogP contribution in [0.3, 0.4) is 0 Å². The average molecular weight is 267 g/mol. The van der Waals surface area contributed by atoms with Gasteiger partial charge in [-0.15, -0.1) is 0 Å². The molecule has 0 saturated carbocycles. The van der Waals surface area contributed by atoms with Gasteiger partial charge < -0.3 is 15.5 Å². The van der Waals surface area contributed by atoms with E-state index in [2.05, 4.69) is 17.6 Å². The lowest BCUT2D eigenvalue weighted by Gasteiger charge is -2.39. The topological polar surface area (TPSA) is 61.4 Å². The Hall–Kier alpha value is -1.10. The number of nitrogens with one attached hydrogen (secondary N) is 2. The van der Waals surface area contributed by atoms with Crippen LogP contribution >= 0.6 is 0 Å². The first-order valence-electron chi connectivity index (χ1n) is 7.40. The van der Waals surface area contributed by atoms with Crippen molar-refractivity contribution in [1.82, 2.24) is 15.5 Å². The highest BCUT2D eigenvalue weighted by Crippen LogP contribution is 2.23. The fraction of sp³-hybridized carbons (Fsp3) is 0.857. The largest absolute Gasteiger partial charge is 0.357 e. The Balaban J connectivity index is 2.08. The first-order valence-corrected chi connectivity index (χ1v) is 7.40. The van der Waals surface area contributed by atoms with Gasteiger partial charge in [0.25, 0.3) is 0 Å². The highest BCUT2D eigenvalue weighted by molar-refractivity contribution is 5.90. The summed E-state index contributed by atoms with van der Waals surface area (Å²) < 4.78 is 0. The van der Waals surface area contributed by atoms with Crippen molar-refractivity contribution in [2.75, 3.05) is 20.1 Å². The molecule has 3 unspecified atom stereocenters. The molecule has 108 valence electrons. The van der Waals surface area contributed by atoms with Crippen LogP contribution in [0.15, 0.2) is 0 Å². The summed E-state index contributed by atoms with van der Waals surface area (Å²) in [5.74, 6) is 0.436. The van der Waals surface area contributed by atoms with Crippen molar-refractivity contribution in [3.8, 4) is 0 Å². The lowest BCUT2D eigenvalue weighted by Crippen LogP contribution is -2.58. The monoisotopic (exact) mass is 267 g/mol. The van der Waals surface area contributed by atoms with Gasteiger partial charge in [0.1, 0.15) is 6.04 Å². The van der Waals surface area contributed by atoms with Crippen LogP contribution in [0.5, 0.6) is 0 Å². The maximum Gasteiger partial charge on any atom is 0.242 e. The molecule has 0 bridgehead atoms. The van der Waals surface area contributed by atoms with E-state index in [0.29, 0.717) is 12.5 Å². The van der Waals surface area contributed by atoms with E-state index in [1.54, 1.807) is 11.9 Å². The Labute approximate surface area is 115 Å². The fourth-order valence-electron chi connectivity index (χ4n) is 3.19. The Bertz CT molecular complexity index is 346. The summed E-state index contributed by atoms with van der Waals surface area (Å²) in [6.45, 7) is 3.73. The van der Waals surface area contributed by atoms with Gasteiger partial charge >= 0.3 is 0 Å². The number of hydrogen-bond acceptors (Lipinski definition) is 3. The number of hydrogen-bond donors (Lipinski definition) is 2. The predicted octanol–water partition coefficient (Wildman–Crippen LogP) is 0.502. The minimum Gasteiger partial charge on any atom is -0.357 e. The van der Waals surface area contributed by atoms with Crippen LogP contribution in [0.2, 0.25) is 0 Å². The van der Waals surface area contributed by atoms with Crippen LogP contribution in [0.4, 0.5) is 0 Å². The fourth-order valence-corrected chi connectivity index (χ4v) is 3.19. The molecule has 0 aliphatic carbocycles. The van der Waals surface area contributed by atoms with Gasteiger partial charge in [-0.05, 0) is 44.6 Å². The Kier molecular flexibility index (Phi) is 4.80. The normalized spacial score (nSPS) is 31.9. The Morgan fingerprint density at radius 2 is 2.00 bits per heavy atom. The SMILES string of the molecule is CNC(=O)C1CCCCN1C(=O)C1NCCCC1C. The minimum atomic E-state index is -0.276. The van der Waals surface area contributed by atoms with Gasteiger partial charge in [-0.1, -0.05) is 6.92 Å². The number of carbonyl (C=O) groups excluding carboxylic acids is 2. The third kappa shape index (κ3) is 3.08. The number of piperidine rings is 2. The quantitative estimate of drug-likeness (QED) is 0.766. The molecule has 2 rings (SSSR count). The number of likely N-dealkylation sites (N-methyl/N-ethyl adjacent to an activating group) is 1. The van der Waals surface area contributed by atoms with Crippen LogP contribution in [0.1, 0.15) is 39.0 Å². The average Bonchev–Trinajstić information content (AvgIpc) is 2.46. The summed E-state index contributed by atoms with van der Waals surface area (Å²) in [6, 6.07) is -0.388. The first-order chi connectivity index (χ1) is 9.15. The van der Waals surface area contributed by atoms with E-state index >= 15 is 0 Å². The summed E-state index contributed by atoms with van der Waals surface area (Å²) in [7, 11) is 1.64. The van der Waals surface area contributed by atoms with Crippen LogP contribution in [-0.2, 0) is 9.59 Å². The summed E-state index contributed by atoms with van der Waals surface area (Å²) in [5, 5.41) is 6.00. The maximum atomic E-state index is 12.7. The molecule has 2 amide bonds. The van der Waals surface area contributed by atoms with Crippen LogP contribution in [0.25, 0.3) is 0 Å². The highest BCUT2D eigenvalue weighted by atomic mass is 16.2. The standard InChI is InChI=1S/C14H25N3O2/c1-10-6-5-8-16-12(10)14(19)17-9-4-3-7-11(17)13(18)15-2/h10-12,16H,3-9H2,1-2H3,(H,15,18). The smallest absolute Gasteiger partial charge is 0.242 e. The van der Waals surface area contributed by atoms with Crippen LogP contribution < -0.4 is 10.6 Å². The molecule has 0 radical (unpaired) electrons. The third-order valence-corrected chi connectivity index (χ3v) is 4.37. The van der Waals surface area contributed by atoms with E-state index in [1.807, 2.05) is 0 Å². The predicted molar refractivity (Wildman–Crippen MR) is 73.6 cm³/mol. The molecular weight excluding hydrogens is 242 g/mol. The Morgan fingerprint density at radius 1 is 1.21 bits per heavy atom. The summed E-state index contributed by atoms with van der Waals surface area (Å²) in [4.78, 5) is 26.4. The number of nitrogens with zero attached hydrogens (tertiary/aromatic N) is 1. The van der Waals surface area contributed by atoms with E-state index < -0.39 is 0 Å². The zero-order valence-corrected chi connectivity index (χ0v) is 11.9. The van der Waals surface area contributed by atoms with Gasteiger partial charge in [-0.2, -0.15) is 0 Å². The molecule has 2 fully saturated rings. The number of amides is 2. The van der Waals surface area contributed by atoms with Crippen molar-refractivity contribution in [2.24, 2.45) is 5.92 Å². The number of rotatable bonds is 2. The molecule has 0 spiro atoms. The second-order valence-electron chi connectivity index (χ2n) is 5.71. The molecule has 19 heavy (non-hydrogen) atoms. The van der Waals surface area contributed by atoms with E-state index in [0.717, 1.165) is 38.6 Å². The first kappa shape index (κ1) is 14.3. The minimum absolute atomic E-state index is 0.0310. The molecule has 2 heterocycles. The molecule has 5 nitrogen and oxygen atoms in total. The molecule has 2 aliphatic rings. The zero-order chi connectivity index (χ0) is 13.8. The molecule has 2 N–H and O–H groups in total. The van der Waals surface area contributed by atoms with Crippen molar-refractivity contribution < 1.29 is 9.59 Å². The lowest BCUT2D eigenvalue weighted by atomic mass is 9.90. The van der Waals surface area contributed by atoms with E-state index in [4.69, 9.17) is 0 Å². The zero-order valence-electron chi connectivity index (χ0n) is 11.9. The van der Waals surface area contributed by atoms with Gasteiger partial charge in [-0.3, -0.25) is 9.59 Å². The van der Waals surface area contributed by atoms with Gasteiger partial charge in [0, 0.05) is 13.6 Å². The molecule has 5 heteroatoms.